The van der Waals surface area contributed by atoms with Crippen molar-refractivity contribution in [3.05, 3.63) is 10.0 Å². The smallest absolute Gasteiger partial charge is 0.120 e. The van der Waals surface area contributed by atoms with E-state index < -0.39 is 0 Å². The van der Waals surface area contributed by atoms with E-state index in [1.54, 1.807) is 0 Å². The summed E-state index contributed by atoms with van der Waals surface area (Å²) in [5.74, 6) is 0.641. The van der Waals surface area contributed by atoms with Crippen LogP contribution in [0.15, 0.2) is 0 Å². The fourth-order valence-corrected chi connectivity index (χ4v) is 3.30. The number of aromatic nitrogens is 2. The molecule has 1 aromatic rings. The van der Waals surface area contributed by atoms with E-state index in [-0.39, 0.29) is 0 Å². The molecule has 0 atom stereocenters. The molecule has 4 heteroatoms. The second-order valence-electron chi connectivity index (χ2n) is 5.29. The van der Waals surface area contributed by atoms with Gasteiger partial charge in [-0.3, -0.25) is 0 Å². The molecule has 0 saturated heterocycles. The van der Waals surface area contributed by atoms with Crippen LogP contribution in [-0.2, 0) is 6.42 Å². The average molecular weight is 267 g/mol. The zero-order valence-corrected chi connectivity index (χ0v) is 12.4. The Morgan fingerprint density at radius 1 is 1.22 bits per heavy atom. The van der Waals surface area contributed by atoms with E-state index in [0.29, 0.717) is 5.92 Å². The summed E-state index contributed by atoms with van der Waals surface area (Å²) in [4.78, 5) is 0. The van der Waals surface area contributed by atoms with Crippen molar-refractivity contribution < 1.29 is 0 Å². The zero-order valence-electron chi connectivity index (χ0n) is 11.6. The molecule has 2 rings (SSSR count). The minimum atomic E-state index is 0.641. The van der Waals surface area contributed by atoms with Crippen molar-refractivity contribution in [2.24, 2.45) is 0 Å². The molecule has 1 fully saturated rings. The zero-order chi connectivity index (χ0) is 12.8. The van der Waals surface area contributed by atoms with Crippen LogP contribution in [0.25, 0.3) is 0 Å². The van der Waals surface area contributed by atoms with Gasteiger partial charge in [-0.05, 0) is 25.7 Å². The molecule has 1 heterocycles. The van der Waals surface area contributed by atoms with Gasteiger partial charge in [-0.25, -0.2) is 0 Å². The maximum absolute atomic E-state index is 4.41. The van der Waals surface area contributed by atoms with Gasteiger partial charge in [-0.1, -0.05) is 26.7 Å². The summed E-state index contributed by atoms with van der Waals surface area (Å²) in [5.41, 5.74) is 0. The standard InChI is InChI=1S/C14H25N3S/c1-3-5-11(6-4-2)14-17-16-13(18-14)9-10-15-12-7-8-12/h11-12,15H,3-10H2,1-2H3. The van der Waals surface area contributed by atoms with Crippen molar-refractivity contribution in [3.8, 4) is 0 Å². The fraction of sp³-hybridized carbons (Fsp3) is 0.857. The van der Waals surface area contributed by atoms with Gasteiger partial charge in [0.25, 0.3) is 0 Å². The van der Waals surface area contributed by atoms with Crippen molar-refractivity contribution in [2.75, 3.05) is 6.54 Å². The summed E-state index contributed by atoms with van der Waals surface area (Å²) < 4.78 is 0. The van der Waals surface area contributed by atoms with E-state index in [4.69, 9.17) is 0 Å². The second kappa shape index (κ2) is 7.19. The Bertz CT molecular complexity index is 341. The molecule has 1 N–H and O–H groups in total. The molecule has 0 bridgehead atoms. The normalized spacial score (nSPS) is 15.5. The molecule has 0 aliphatic heterocycles. The molecular formula is C14H25N3S. The van der Waals surface area contributed by atoms with Gasteiger partial charge < -0.3 is 5.32 Å². The van der Waals surface area contributed by atoms with E-state index in [1.807, 2.05) is 11.3 Å². The van der Waals surface area contributed by atoms with Crippen molar-refractivity contribution in [1.82, 2.24) is 15.5 Å². The Kier molecular flexibility index (Phi) is 5.57. The van der Waals surface area contributed by atoms with Gasteiger partial charge in [0.2, 0.25) is 0 Å². The first kappa shape index (κ1) is 13.9. The molecule has 0 aromatic carbocycles. The van der Waals surface area contributed by atoms with Crippen LogP contribution in [0, 0.1) is 0 Å². The molecule has 0 spiro atoms. The third-order valence-electron chi connectivity index (χ3n) is 3.46. The van der Waals surface area contributed by atoms with Gasteiger partial charge in [-0.2, -0.15) is 0 Å². The topological polar surface area (TPSA) is 37.8 Å². The van der Waals surface area contributed by atoms with Crippen molar-refractivity contribution in [3.63, 3.8) is 0 Å². The molecular weight excluding hydrogens is 242 g/mol. The summed E-state index contributed by atoms with van der Waals surface area (Å²) in [6, 6.07) is 0.797. The number of rotatable bonds is 9. The predicted octanol–water partition coefficient (Wildman–Crippen LogP) is 3.52. The Balaban J connectivity index is 1.81. The van der Waals surface area contributed by atoms with Gasteiger partial charge >= 0.3 is 0 Å². The highest BCUT2D eigenvalue weighted by Gasteiger charge is 2.20. The van der Waals surface area contributed by atoms with Gasteiger partial charge in [0, 0.05) is 24.9 Å². The first-order valence-electron chi connectivity index (χ1n) is 7.39. The van der Waals surface area contributed by atoms with E-state index in [0.717, 1.165) is 19.0 Å². The van der Waals surface area contributed by atoms with E-state index in [9.17, 15) is 0 Å². The van der Waals surface area contributed by atoms with Gasteiger partial charge in [0.15, 0.2) is 0 Å². The third kappa shape index (κ3) is 4.32. The molecule has 0 unspecified atom stereocenters. The monoisotopic (exact) mass is 267 g/mol. The maximum atomic E-state index is 4.41. The summed E-state index contributed by atoms with van der Waals surface area (Å²) in [5, 5.41) is 14.8. The lowest BCUT2D eigenvalue weighted by atomic mass is 9.99. The lowest BCUT2D eigenvalue weighted by molar-refractivity contribution is 0.554. The summed E-state index contributed by atoms with van der Waals surface area (Å²) >= 11 is 1.83. The first-order chi connectivity index (χ1) is 8.83. The Labute approximate surface area is 114 Å². The number of hydrogen-bond donors (Lipinski definition) is 1. The second-order valence-corrected chi connectivity index (χ2v) is 6.38. The fourth-order valence-electron chi connectivity index (χ4n) is 2.29. The highest BCUT2D eigenvalue weighted by molar-refractivity contribution is 7.11. The number of nitrogens with zero attached hydrogens (tertiary/aromatic N) is 2. The maximum Gasteiger partial charge on any atom is 0.120 e. The first-order valence-corrected chi connectivity index (χ1v) is 8.20. The Morgan fingerprint density at radius 3 is 2.56 bits per heavy atom. The van der Waals surface area contributed by atoms with E-state index in [2.05, 4.69) is 29.4 Å². The summed E-state index contributed by atoms with van der Waals surface area (Å²) in [6.07, 6.45) is 8.74. The summed E-state index contributed by atoms with van der Waals surface area (Å²) in [6.45, 7) is 5.57. The quantitative estimate of drug-likeness (QED) is 0.744. The SMILES string of the molecule is CCCC(CCC)c1nnc(CCNC2CC2)s1. The minimum absolute atomic E-state index is 0.641. The van der Waals surface area contributed by atoms with Crippen LogP contribution in [0.2, 0.25) is 0 Å². The molecule has 18 heavy (non-hydrogen) atoms. The molecule has 1 aliphatic rings. The van der Waals surface area contributed by atoms with Gasteiger partial charge in [0.1, 0.15) is 10.0 Å². The number of nitrogens with one attached hydrogen (secondary N) is 1. The number of hydrogen-bond acceptors (Lipinski definition) is 4. The molecule has 0 amide bonds. The van der Waals surface area contributed by atoms with E-state index in [1.165, 1.54) is 48.5 Å². The third-order valence-corrected chi connectivity index (χ3v) is 4.60. The van der Waals surface area contributed by atoms with Gasteiger partial charge in [-0.15, -0.1) is 21.5 Å². The van der Waals surface area contributed by atoms with Crippen molar-refractivity contribution >= 4 is 11.3 Å². The van der Waals surface area contributed by atoms with Crippen molar-refractivity contribution in [2.45, 2.75) is 70.8 Å². The van der Waals surface area contributed by atoms with Crippen LogP contribution in [0.4, 0.5) is 0 Å². The highest BCUT2D eigenvalue weighted by Crippen LogP contribution is 2.28. The summed E-state index contributed by atoms with van der Waals surface area (Å²) in [7, 11) is 0. The largest absolute Gasteiger partial charge is 0.314 e. The molecule has 102 valence electrons. The molecule has 1 saturated carbocycles. The van der Waals surface area contributed by atoms with Crippen LogP contribution >= 0.6 is 11.3 Å². The van der Waals surface area contributed by atoms with Crippen molar-refractivity contribution in [1.29, 1.82) is 0 Å². The Hall–Kier alpha value is -0.480. The average Bonchev–Trinajstić information content (AvgIpc) is 3.06. The Morgan fingerprint density at radius 2 is 1.94 bits per heavy atom. The van der Waals surface area contributed by atoms with Crippen LogP contribution in [-0.4, -0.2) is 22.8 Å². The van der Waals surface area contributed by atoms with Crippen LogP contribution in [0.1, 0.15) is 68.3 Å². The minimum Gasteiger partial charge on any atom is -0.314 e. The van der Waals surface area contributed by atoms with Crippen LogP contribution < -0.4 is 5.32 Å². The molecule has 3 nitrogen and oxygen atoms in total. The predicted molar refractivity (Wildman–Crippen MR) is 77.2 cm³/mol. The highest BCUT2D eigenvalue weighted by atomic mass is 32.1. The lowest BCUT2D eigenvalue weighted by Gasteiger charge is -2.10. The van der Waals surface area contributed by atoms with E-state index >= 15 is 0 Å². The van der Waals surface area contributed by atoms with Gasteiger partial charge in [0.05, 0.1) is 0 Å². The van der Waals surface area contributed by atoms with Crippen LogP contribution in [0.5, 0.6) is 0 Å². The molecule has 1 aromatic heterocycles. The van der Waals surface area contributed by atoms with Crippen LogP contribution in [0.3, 0.4) is 0 Å². The molecule has 1 aliphatic carbocycles. The molecule has 0 radical (unpaired) electrons. The lowest BCUT2D eigenvalue weighted by Crippen LogP contribution is -2.19.